The van der Waals surface area contributed by atoms with Gasteiger partial charge in [-0.05, 0) is 59.5 Å². The Bertz CT molecular complexity index is 1030. The summed E-state index contributed by atoms with van der Waals surface area (Å²) in [6.45, 7) is 0.150. The molecule has 1 aliphatic rings. The summed E-state index contributed by atoms with van der Waals surface area (Å²) in [5, 5.41) is 5.75. The zero-order valence-corrected chi connectivity index (χ0v) is 15.3. The normalized spacial score (nSPS) is 12.1. The Balaban J connectivity index is 1.33. The fraction of sp³-hybridized carbons (Fsp3) is 0.0500. The predicted molar refractivity (Wildman–Crippen MR) is 103 cm³/mol. The zero-order valence-electron chi connectivity index (χ0n) is 14.5. The lowest BCUT2D eigenvalue weighted by Crippen LogP contribution is -2.17. The second-order valence-corrected chi connectivity index (χ2v) is 6.65. The molecule has 1 amide bonds. The van der Waals surface area contributed by atoms with Crippen LogP contribution in [0.4, 0.5) is 0 Å². The minimum Gasteiger partial charge on any atom is -0.454 e. The third-order valence-electron chi connectivity index (χ3n) is 3.83. The predicted octanol–water partition coefficient (Wildman–Crippen LogP) is 3.46. The molecule has 1 N–H and O–H groups in total. The van der Waals surface area contributed by atoms with Gasteiger partial charge in [0.05, 0.1) is 6.21 Å². The maximum Gasteiger partial charge on any atom is 0.353 e. The van der Waals surface area contributed by atoms with Crippen molar-refractivity contribution < 1.29 is 23.8 Å². The lowest BCUT2D eigenvalue weighted by Gasteiger charge is -2.03. The van der Waals surface area contributed by atoms with Crippen LogP contribution in [0.1, 0.15) is 25.6 Å². The molecule has 140 valence electrons. The van der Waals surface area contributed by atoms with Crippen molar-refractivity contribution in [3.05, 3.63) is 76.0 Å². The van der Waals surface area contributed by atoms with E-state index >= 15 is 0 Å². The van der Waals surface area contributed by atoms with Gasteiger partial charge in [-0.3, -0.25) is 4.79 Å². The summed E-state index contributed by atoms with van der Waals surface area (Å²) in [5.74, 6) is 0.813. The van der Waals surface area contributed by atoms with Crippen LogP contribution >= 0.6 is 11.3 Å². The van der Waals surface area contributed by atoms with Crippen molar-refractivity contribution in [2.75, 3.05) is 6.79 Å². The second kappa shape index (κ2) is 7.93. The highest BCUT2D eigenvalue weighted by Crippen LogP contribution is 2.32. The van der Waals surface area contributed by atoms with Crippen LogP contribution in [0.5, 0.6) is 17.2 Å². The topological polar surface area (TPSA) is 86.2 Å². The van der Waals surface area contributed by atoms with Crippen LogP contribution in [0.15, 0.2) is 65.1 Å². The van der Waals surface area contributed by atoms with E-state index in [0.717, 1.165) is 5.56 Å². The zero-order chi connectivity index (χ0) is 19.3. The van der Waals surface area contributed by atoms with E-state index in [2.05, 4.69) is 10.5 Å². The number of ether oxygens (including phenoxy) is 3. The van der Waals surface area contributed by atoms with E-state index < -0.39 is 5.97 Å². The molecule has 0 bridgehead atoms. The molecule has 1 aliphatic heterocycles. The summed E-state index contributed by atoms with van der Waals surface area (Å²) < 4.78 is 15.7. The number of benzene rings is 2. The van der Waals surface area contributed by atoms with Gasteiger partial charge in [-0.1, -0.05) is 6.07 Å². The Kier molecular flexibility index (Phi) is 5.03. The molecule has 0 saturated carbocycles. The van der Waals surface area contributed by atoms with E-state index in [1.807, 2.05) is 5.38 Å². The Morgan fingerprint density at radius 2 is 1.89 bits per heavy atom. The highest BCUT2D eigenvalue weighted by atomic mass is 32.1. The van der Waals surface area contributed by atoms with Crippen LogP contribution < -0.4 is 19.6 Å². The van der Waals surface area contributed by atoms with Gasteiger partial charge in [-0.25, -0.2) is 10.2 Å². The summed E-state index contributed by atoms with van der Waals surface area (Å²) in [5.41, 5.74) is 3.61. The van der Waals surface area contributed by atoms with Gasteiger partial charge in [-0.2, -0.15) is 5.10 Å². The Labute approximate surface area is 164 Å². The van der Waals surface area contributed by atoms with Gasteiger partial charge >= 0.3 is 5.97 Å². The highest BCUT2D eigenvalue weighted by molar-refractivity contribution is 7.12. The van der Waals surface area contributed by atoms with Gasteiger partial charge in [0, 0.05) is 5.56 Å². The first-order chi connectivity index (χ1) is 13.7. The number of thiophene rings is 1. The molecule has 2 heterocycles. The standard InChI is InChI=1S/C20H14N2O5S/c23-19(14-5-8-16-17(10-14)26-12-25-16)22-21-11-13-3-6-15(7-4-13)27-20(24)18-2-1-9-28-18/h1-11H,12H2,(H,22,23). The molecule has 0 unspecified atom stereocenters. The summed E-state index contributed by atoms with van der Waals surface area (Å²) in [6, 6.07) is 15.2. The third kappa shape index (κ3) is 4.02. The highest BCUT2D eigenvalue weighted by Gasteiger charge is 2.15. The van der Waals surface area contributed by atoms with Crippen molar-refractivity contribution in [1.82, 2.24) is 5.43 Å². The molecule has 0 atom stereocenters. The lowest BCUT2D eigenvalue weighted by molar-refractivity contribution is 0.0739. The van der Waals surface area contributed by atoms with Gasteiger partial charge in [0.2, 0.25) is 6.79 Å². The summed E-state index contributed by atoms with van der Waals surface area (Å²) in [6.07, 6.45) is 1.50. The van der Waals surface area contributed by atoms with Gasteiger partial charge in [0.25, 0.3) is 5.91 Å². The number of rotatable bonds is 5. The first kappa shape index (κ1) is 17.7. The molecule has 0 spiro atoms. The summed E-state index contributed by atoms with van der Waals surface area (Å²) >= 11 is 1.32. The Hall–Kier alpha value is -3.65. The average molecular weight is 394 g/mol. The van der Waals surface area contributed by atoms with Crippen LogP contribution in [0.3, 0.4) is 0 Å². The van der Waals surface area contributed by atoms with E-state index in [9.17, 15) is 9.59 Å². The summed E-state index contributed by atoms with van der Waals surface area (Å²) in [4.78, 5) is 24.6. The minimum atomic E-state index is -0.396. The molecular weight excluding hydrogens is 380 g/mol. The number of fused-ring (bicyclic) bond motifs is 1. The molecule has 0 saturated heterocycles. The first-order valence-corrected chi connectivity index (χ1v) is 9.16. The molecule has 0 aliphatic carbocycles. The van der Waals surface area contributed by atoms with E-state index in [-0.39, 0.29) is 12.7 Å². The molecule has 7 nitrogen and oxygen atoms in total. The molecule has 2 aromatic carbocycles. The van der Waals surface area contributed by atoms with Gasteiger partial charge in [-0.15, -0.1) is 11.3 Å². The largest absolute Gasteiger partial charge is 0.454 e. The smallest absolute Gasteiger partial charge is 0.353 e. The number of nitrogens with zero attached hydrogens (tertiary/aromatic N) is 1. The van der Waals surface area contributed by atoms with E-state index in [1.54, 1.807) is 54.6 Å². The number of nitrogens with one attached hydrogen (secondary N) is 1. The molecular formula is C20H14N2O5S. The maximum atomic E-state index is 12.1. The molecule has 0 radical (unpaired) electrons. The SMILES string of the molecule is O=C(NN=Cc1ccc(OC(=O)c2cccs2)cc1)c1ccc2c(c1)OCO2. The van der Waals surface area contributed by atoms with Crippen molar-refractivity contribution in [1.29, 1.82) is 0 Å². The number of amides is 1. The lowest BCUT2D eigenvalue weighted by atomic mass is 10.2. The molecule has 1 aromatic heterocycles. The number of hydrazone groups is 1. The van der Waals surface area contributed by atoms with E-state index in [0.29, 0.717) is 27.7 Å². The molecule has 8 heteroatoms. The molecule has 0 fully saturated rings. The third-order valence-corrected chi connectivity index (χ3v) is 4.68. The molecule has 3 aromatic rings. The van der Waals surface area contributed by atoms with Crippen molar-refractivity contribution in [2.24, 2.45) is 5.10 Å². The van der Waals surface area contributed by atoms with Gasteiger partial charge in [0.15, 0.2) is 11.5 Å². The molecule has 28 heavy (non-hydrogen) atoms. The minimum absolute atomic E-state index is 0.150. The number of hydrogen-bond donors (Lipinski definition) is 1. The van der Waals surface area contributed by atoms with Crippen LogP contribution in [0, 0.1) is 0 Å². The fourth-order valence-electron chi connectivity index (χ4n) is 2.44. The fourth-order valence-corrected chi connectivity index (χ4v) is 3.04. The number of hydrogen-bond acceptors (Lipinski definition) is 7. The average Bonchev–Trinajstić information content (AvgIpc) is 3.40. The number of esters is 1. The monoisotopic (exact) mass is 394 g/mol. The van der Waals surface area contributed by atoms with Crippen molar-refractivity contribution in [2.45, 2.75) is 0 Å². The maximum absolute atomic E-state index is 12.1. The Morgan fingerprint density at radius 1 is 1.07 bits per heavy atom. The first-order valence-electron chi connectivity index (χ1n) is 8.28. The number of carbonyl (C=O) groups is 2. The Morgan fingerprint density at radius 3 is 2.68 bits per heavy atom. The van der Waals surface area contributed by atoms with Crippen LogP contribution in [0.25, 0.3) is 0 Å². The second-order valence-electron chi connectivity index (χ2n) is 5.70. The summed E-state index contributed by atoms with van der Waals surface area (Å²) in [7, 11) is 0. The van der Waals surface area contributed by atoms with Gasteiger partial charge < -0.3 is 14.2 Å². The quantitative estimate of drug-likeness (QED) is 0.310. The van der Waals surface area contributed by atoms with Crippen molar-refractivity contribution in [3.63, 3.8) is 0 Å². The van der Waals surface area contributed by atoms with Crippen LogP contribution in [0.2, 0.25) is 0 Å². The van der Waals surface area contributed by atoms with Crippen molar-refractivity contribution >= 4 is 29.4 Å². The van der Waals surface area contributed by atoms with E-state index in [4.69, 9.17) is 14.2 Å². The van der Waals surface area contributed by atoms with Crippen molar-refractivity contribution in [3.8, 4) is 17.2 Å². The van der Waals surface area contributed by atoms with E-state index in [1.165, 1.54) is 17.6 Å². The van der Waals surface area contributed by atoms with Gasteiger partial charge in [0.1, 0.15) is 10.6 Å². The molecule has 4 rings (SSSR count). The van der Waals surface area contributed by atoms with Crippen LogP contribution in [-0.4, -0.2) is 24.9 Å². The van der Waals surface area contributed by atoms with Crippen LogP contribution in [-0.2, 0) is 0 Å². The number of carbonyl (C=O) groups excluding carboxylic acids is 2.